The molecule has 4 rings (SSSR count). The predicted molar refractivity (Wildman–Crippen MR) is 139 cm³/mol. The van der Waals surface area contributed by atoms with E-state index in [2.05, 4.69) is 47.6 Å². The van der Waals surface area contributed by atoms with Crippen LogP contribution in [-0.2, 0) is 9.53 Å². The Balaban J connectivity index is 1.52. The van der Waals surface area contributed by atoms with E-state index in [1.54, 1.807) is 5.57 Å². The van der Waals surface area contributed by atoms with E-state index in [1.807, 2.05) is 6.92 Å². The summed E-state index contributed by atoms with van der Waals surface area (Å²) in [5, 5.41) is 10.8. The number of fused-ring (bicyclic) bond motifs is 5. The normalized spacial score (nSPS) is 44.8. The van der Waals surface area contributed by atoms with Gasteiger partial charge >= 0.3 is 5.97 Å². The first-order valence-electron chi connectivity index (χ1n) is 14.3. The molecule has 0 radical (unpaired) electrons. The summed E-state index contributed by atoms with van der Waals surface area (Å²) < 4.78 is 4.92. The summed E-state index contributed by atoms with van der Waals surface area (Å²) in [6.07, 6.45) is 14.4. The van der Waals surface area contributed by atoms with Gasteiger partial charge in [0.15, 0.2) is 0 Å². The summed E-state index contributed by atoms with van der Waals surface area (Å²) in [6.45, 7) is 16.9. The fourth-order valence-electron chi connectivity index (χ4n) is 9.92. The van der Waals surface area contributed by atoms with Gasteiger partial charge in [-0.3, -0.25) is 4.79 Å². The number of allylic oxidation sites excluding steroid dienone is 2. The van der Waals surface area contributed by atoms with Crippen LogP contribution >= 0.6 is 0 Å². The van der Waals surface area contributed by atoms with Gasteiger partial charge in [-0.05, 0) is 96.7 Å². The van der Waals surface area contributed by atoms with Gasteiger partial charge in [0, 0.05) is 0 Å². The maximum Gasteiger partial charge on any atom is 0.308 e. The number of hydrogen-bond donors (Lipinski definition) is 1. The minimum absolute atomic E-state index is 0.00471. The second kappa shape index (κ2) is 8.93. The van der Waals surface area contributed by atoms with Gasteiger partial charge in [-0.1, -0.05) is 73.0 Å². The van der Waals surface area contributed by atoms with Crippen molar-refractivity contribution in [3.8, 4) is 0 Å². The zero-order valence-corrected chi connectivity index (χ0v) is 23.4. The van der Waals surface area contributed by atoms with E-state index in [0.717, 1.165) is 31.6 Å². The molecule has 194 valence electrons. The van der Waals surface area contributed by atoms with Crippen LogP contribution in [0.4, 0.5) is 0 Å². The maximum atomic E-state index is 11.8. The number of hydrogen-bond acceptors (Lipinski definition) is 3. The van der Waals surface area contributed by atoms with Gasteiger partial charge in [0.2, 0.25) is 0 Å². The highest BCUT2D eigenvalue weighted by molar-refractivity contribution is 5.71. The average molecular weight is 473 g/mol. The van der Waals surface area contributed by atoms with Crippen LogP contribution in [0.1, 0.15) is 113 Å². The lowest BCUT2D eigenvalue weighted by molar-refractivity contribution is -0.145. The van der Waals surface area contributed by atoms with E-state index in [9.17, 15) is 9.90 Å². The van der Waals surface area contributed by atoms with E-state index < -0.39 is 0 Å². The van der Waals surface area contributed by atoms with E-state index >= 15 is 0 Å². The summed E-state index contributed by atoms with van der Waals surface area (Å²) >= 11 is 0. The SMILES string of the molecule is COC(=O)[C@H](C)CCC[C@@H](C)[C@@H]1CC[C@]2(C)C3=CC[C@H]4C(C)(C)[C@H](O)CC[C@]4(C)[C@@H]3CC[C@@]12C. The first kappa shape index (κ1) is 26.2. The molecule has 9 atom stereocenters. The van der Waals surface area contributed by atoms with Gasteiger partial charge in [0.1, 0.15) is 0 Å². The molecule has 0 aromatic carbocycles. The van der Waals surface area contributed by atoms with Crippen molar-refractivity contribution in [3.05, 3.63) is 11.6 Å². The fourth-order valence-corrected chi connectivity index (χ4v) is 9.92. The summed E-state index contributed by atoms with van der Waals surface area (Å²) in [5.41, 5.74) is 2.80. The van der Waals surface area contributed by atoms with E-state index in [-0.39, 0.29) is 23.4 Å². The standard InChI is InChI=1S/C31H52O3/c1-20(10-9-11-21(2)27(33)34-8)22-14-18-31(7)24-12-13-25-28(3,4)26(32)16-17-29(25,5)23(24)15-19-30(22,31)6/h12,20-23,25-26,32H,9-11,13-19H2,1-8H3/t20-,21-,22+,23-,25+,26-,29-,30+,31-/m1/s1. The second-order valence-electron chi connectivity index (χ2n) is 14.1. The van der Waals surface area contributed by atoms with Crippen molar-refractivity contribution in [1.29, 1.82) is 0 Å². The van der Waals surface area contributed by atoms with Crippen LogP contribution in [0.25, 0.3) is 0 Å². The molecule has 0 amide bonds. The maximum absolute atomic E-state index is 11.8. The van der Waals surface area contributed by atoms with Crippen molar-refractivity contribution >= 4 is 5.97 Å². The molecule has 0 aromatic heterocycles. The Morgan fingerprint density at radius 3 is 2.44 bits per heavy atom. The smallest absolute Gasteiger partial charge is 0.308 e. The molecule has 0 unspecified atom stereocenters. The van der Waals surface area contributed by atoms with Crippen LogP contribution < -0.4 is 0 Å². The molecule has 4 aliphatic rings. The summed E-state index contributed by atoms with van der Waals surface area (Å²) in [6, 6.07) is 0. The average Bonchev–Trinajstić information content (AvgIpc) is 3.07. The zero-order chi connectivity index (χ0) is 25.1. The highest BCUT2D eigenvalue weighted by Gasteiger charge is 2.65. The number of carbonyl (C=O) groups is 1. The van der Waals surface area contributed by atoms with Gasteiger partial charge in [0.25, 0.3) is 0 Å². The highest BCUT2D eigenvalue weighted by atomic mass is 16.5. The molecule has 0 aliphatic heterocycles. The van der Waals surface area contributed by atoms with Crippen molar-refractivity contribution in [3.63, 3.8) is 0 Å². The Labute approximate surface area is 209 Å². The minimum Gasteiger partial charge on any atom is -0.469 e. The number of ether oxygens (including phenoxy) is 1. The Hall–Kier alpha value is -0.830. The van der Waals surface area contributed by atoms with Gasteiger partial charge in [-0.15, -0.1) is 0 Å². The Kier molecular flexibility index (Phi) is 6.89. The quantitative estimate of drug-likeness (QED) is 0.320. The number of carbonyl (C=O) groups excluding carboxylic acids is 1. The van der Waals surface area contributed by atoms with Crippen LogP contribution in [-0.4, -0.2) is 24.3 Å². The van der Waals surface area contributed by atoms with E-state index in [4.69, 9.17) is 4.74 Å². The molecule has 1 N–H and O–H groups in total. The van der Waals surface area contributed by atoms with Crippen molar-refractivity contribution in [2.45, 2.75) is 119 Å². The molecular weight excluding hydrogens is 420 g/mol. The lowest BCUT2D eigenvalue weighted by atomic mass is 9.41. The van der Waals surface area contributed by atoms with Crippen LogP contribution in [0.15, 0.2) is 11.6 Å². The Morgan fingerprint density at radius 1 is 1.06 bits per heavy atom. The van der Waals surface area contributed by atoms with Gasteiger partial charge in [0.05, 0.1) is 19.1 Å². The third kappa shape index (κ3) is 3.73. The van der Waals surface area contributed by atoms with E-state index in [1.165, 1.54) is 45.6 Å². The first-order chi connectivity index (χ1) is 15.8. The molecule has 4 aliphatic carbocycles. The van der Waals surface area contributed by atoms with Crippen molar-refractivity contribution in [2.75, 3.05) is 7.11 Å². The molecule has 34 heavy (non-hydrogen) atoms. The van der Waals surface area contributed by atoms with Crippen molar-refractivity contribution < 1.29 is 14.6 Å². The van der Waals surface area contributed by atoms with Crippen LogP contribution in [0.2, 0.25) is 0 Å². The molecule has 0 saturated heterocycles. The van der Waals surface area contributed by atoms with Crippen LogP contribution in [0.5, 0.6) is 0 Å². The van der Waals surface area contributed by atoms with Gasteiger partial charge < -0.3 is 9.84 Å². The number of aliphatic hydroxyl groups excluding tert-OH is 1. The lowest BCUT2D eigenvalue weighted by Gasteiger charge is -2.64. The predicted octanol–water partition coefficient (Wildman–Crippen LogP) is 7.57. The fraction of sp³-hybridized carbons (Fsp3) is 0.903. The second-order valence-corrected chi connectivity index (χ2v) is 14.1. The topological polar surface area (TPSA) is 46.5 Å². The molecule has 0 heterocycles. The Bertz CT molecular complexity index is 813. The highest BCUT2D eigenvalue weighted by Crippen LogP contribution is 2.73. The molecule has 3 saturated carbocycles. The largest absolute Gasteiger partial charge is 0.469 e. The van der Waals surface area contributed by atoms with E-state index in [0.29, 0.717) is 34.0 Å². The van der Waals surface area contributed by atoms with Crippen molar-refractivity contribution in [1.82, 2.24) is 0 Å². The molecule has 3 nitrogen and oxygen atoms in total. The summed E-state index contributed by atoms with van der Waals surface area (Å²) in [7, 11) is 1.50. The molecule has 0 bridgehead atoms. The first-order valence-corrected chi connectivity index (χ1v) is 14.3. The van der Waals surface area contributed by atoms with Gasteiger partial charge in [-0.25, -0.2) is 0 Å². The van der Waals surface area contributed by atoms with Gasteiger partial charge in [-0.2, -0.15) is 0 Å². The summed E-state index contributed by atoms with van der Waals surface area (Å²) in [4.78, 5) is 11.8. The number of rotatable bonds is 6. The lowest BCUT2D eigenvalue weighted by Crippen LogP contribution is -2.58. The van der Waals surface area contributed by atoms with Crippen LogP contribution in [0.3, 0.4) is 0 Å². The molecule has 0 aromatic rings. The molecule has 3 heteroatoms. The third-order valence-corrected chi connectivity index (χ3v) is 12.5. The number of methoxy groups -OCH3 is 1. The molecular formula is C31H52O3. The minimum atomic E-state index is -0.163. The number of aliphatic hydroxyl groups is 1. The number of esters is 1. The third-order valence-electron chi connectivity index (χ3n) is 12.5. The molecule has 3 fully saturated rings. The molecule has 0 spiro atoms. The van der Waals surface area contributed by atoms with Crippen LogP contribution in [0, 0.1) is 51.2 Å². The summed E-state index contributed by atoms with van der Waals surface area (Å²) in [5.74, 6) is 2.68. The monoisotopic (exact) mass is 472 g/mol. The Morgan fingerprint density at radius 2 is 1.76 bits per heavy atom. The zero-order valence-electron chi connectivity index (χ0n) is 23.4. The van der Waals surface area contributed by atoms with Crippen molar-refractivity contribution in [2.24, 2.45) is 51.2 Å².